The van der Waals surface area contributed by atoms with Crippen LogP contribution in [0.4, 0.5) is 5.13 Å². The Balaban J connectivity index is 2.00. The fraction of sp³-hybridized carbons (Fsp3) is 0.250. The van der Waals surface area contributed by atoms with E-state index >= 15 is 0 Å². The number of hydrogen-bond acceptors (Lipinski definition) is 5. The largest absolute Gasteiger partial charge is 0.384 e. The molecule has 2 aromatic rings. The summed E-state index contributed by atoms with van der Waals surface area (Å²) in [5, 5.41) is 5.22. The Bertz CT molecular complexity index is 513. The van der Waals surface area contributed by atoms with E-state index in [0.29, 0.717) is 18.2 Å². The fourth-order valence-corrected chi connectivity index (χ4v) is 2.09. The lowest BCUT2D eigenvalue weighted by molar-refractivity contribution is -0.117. The highest BCUT2D eigenvalue weighted by atomic mass is 32.1. The Hall–Kier alpha value is -1.79. The molecule has 94 valence electrons. The summed E-state index contributed by atoms with van der Waals surface area (Å²) in [6.45, 7) is 0.409. The summed E-state index contributed by atoms with van der Waals surface area (Å²) < 4.78 is 4.84. The molecule has 0 fully saturated rings. The molecule has 1 amide bonds. The van der Waals surface area contributed by atoms with Crippen molar-refractivity contribution in [2.75, 3.05) is 19.0 Å². The molecule has 5 nitrogen and oxygen atoms in total. The van der Waals surface area contributed by atoms with Crippen LogP contribution in [-0.2, 0) is 9.53 Å². The minimum Gasteiger partial charge on any atom is -0.384 e. The number of thiazole rings is 1. The van der Waals surface area contributed by atoms with Gasteiger partial charge in [0.05, 0.1) is 18.7 Å². The van der Waals surface area contributed by atoms with Gasteiger partial charge in [0.2, 0.25) is 5.91 Å². The molecule has 0 spiro atoms. The van der Waals surface area contributed by atoms with Crippen LogP contribution >= 0.6 is 11.3 Å². The van der Waals surface area contributed by atoms with Crippen LogP contribution < -0.4 is 5.32 Å². The number of pyridine rings is 1. The summed E-state index contributed by atoms with van der Waals surface area (Å²) in [5.74, 6) is -0.0936. The van der Waals surface area contributed by atoms with Crippen LogP contribution in [0.15, 0.2) is 29.9 Å². The van der Waals surface area contributed by atoms with Gasteiger partial charge in [0, 0.05) is 30.4 Å². The topological polar surface area (TPSA) is 64.1 Å². The molecular formula is C12H13N3O2S. The normalized spacial score (nSPS) is 10.3. The molecule has 0 saturated heterocycles. The second-order valence-corrected chi connectivity index (χ2v) is 4.43. The van der Waals surface area contributed by atoms with Crippen molar-refractivity contribution < 1.29 is 9.53 Å². The summed E-state index contributed by atoms with van der Waals surface area (Å²) in [4.78, 5) is 19.8. The van der Waals surface area contributed by atoms with Gasteiger partial charge in [-0.1, -0.05) is 0 Å². The molecule has 0 bridgehead atoms. The molecular weight excluding hydrogens is 250 g/mol. The standard InChI is InChI=1S/C12H13N3O2S/c1-17-6-4-11(16)15-12-14-10(8-18-12)9-3-2-5-13-7-9/h2-3,5,7-8H,4,6H2,1H3,(H,14,15,16). The number of methoxy groups -OCH3 is 1. The third-order valence-electron chi connectivity index (χ3n) is 2.24. The fourth-order valence-electron chi connectivity index (χ4n) is 1.35. The molecule has 1 N–H and O–H groups in total. The lowest BCUT2D eigenvalue weighted by Gasteiger charge is -2.00. The Morgan fingerprint density at radius 2 is 2.44 bits per heavy atom. The van der Waals surface area contributed by atoms with Crippen molar-refractivity contribution in [3.8, 4) is 11.3 Å². The van der Waals surface area contributed by atoms with Crippen molar-refractivity contribution >= 4 is 22.4 Å². The van der Waals surface area contributed by atoms with Crippen molar-refractivity contribution in [1.29, 1.82) is 0 Å². The molecule has 0 aromatic carbocycles. The summed E-state index contributed by atoms with van der Waals surface area (Å²) in [6.07, 6.45) is 3.78. The number of carbonyl (C=O) groups is 1. The van der Waals surface area contributed by atoms with Gasteiger partial charge in [-0.3, -0.25) is 9.78 Å². The molecule has 0 saturated carbocycles. The van der Waals surface area contributed by atoms with Crippen molar-refractivity contribution in [2.45, 2.75) is 6.42 Å². The molecule has 0 radical (unpaired) electrons. The maximum Gasteiger partial charge on any atom is 0.228 e. The quantitative estimate of drug-likeness (QED) is 0.898. The molecule has 18 heavy (non-hydrogen) atoms. The number of nitrogens with one attached hydrogen (secondary N) is 1. The van der Waals surface area contributed by atoms with Gasteiger partial charge in [0.1, 0.15) is 0 Å². The molecule has 0 aliphatic carbocycles. The average molecular weight is 263 g/mol. The predicted molar refractivity (Wildman–Crippen MR) is 70.5 cm³/mol. The van der Waals surface area contributed by atoms with E-state index in [2.05, 4.69) is 15.3 Å². The minimum atomic E-state index is -0.0936. The van der Waals surface area contributed by atoms with Crippen molar-refractivity contribution in [3.63, 3.8) is 0 Å². The Kier molecular flexibility index (Phi) is 4.38. The van der Waals surface area contributed by atoms with Crippen molar-refractivity contribution in [2.24, 2.45) is 0 Å². The number of rotatable bonds is 5. The Labute approximate surface area is 109 Å². The van der Waals surface area contributed by atoms with Crippen LogP contribution in [0.25, 0.3) is 11.3 Å². The minimum absolute atomic E-state index is 0.0936. The van der Waals surface area contributed by atoms with Gasteiger partial charge in [0.25, 0.3) is 0 Å². The Morgan fingerprint density at radius 1 is 1.56 bits per heavy atom. The summed E-state index contributed by atoms with van der Waals surface area (Å²) in [7, 11) is 1.57. The number of aromatic nitrogens is 2. The zero-order valence-corrected chi connectivity index (χ0v) is 10.7. The second-order valence-electron chi connectivity index (χ2n) is 3.57. The summed E-state index contributed by atoms with van der Waals surface area (Å²) >= 11 is 1.39. The lowest BCUT2D eigenvalue weighted by atomic mass is 10.2. The van der Waals surface area contributed by atoms with Crippen molar-refractivity contribution in [1.82, 2.24) is 9.97 Å². The van der Waals surface area contributed by atoms with E-state index in [1.54, 1.807) is 19.5 Å². The first-order chi connectivity index (χ1) is 8.79. The first-order valence-corrected chi connectivity index (χ1v) is 6.32. The van der Waals surface area contributed by atoms with E-state index in [9.17, 15) is 4.79 Å². The van der Waals surface area contributed by atoms with Gasteiger partial charge < -0.3 is 10.1 Å². The first kappa shape index (κ1) is 12.7. The highest BCUT2D eigenvalue weighted by Gasteiger charge is 2.07. The number of anilines is 1. The lowest BCUT2D eigenvalue weighted by Crippen LogP contribution is -2.13. The zero-order chi connectivity index (χ0) is 12.8. The van der Waals surface area contributed by atoms with Crippen LogP contribution in [0.3, 0.4) is 0 Å². The monoisotopic (exact) mass is 263 g/mol. The molecule has 0 aliphatic heterocycles. The molecule has 0 atom stereocenters. The average Bonchev–Trinajstić information content (AvgIpc) is 2.86. The number of hydrogen-bond donors (Lipinski definition) is 1. The molecule has 6 heteroatoms. The van der Waals surface area contributed by atoms with E-state index < -0.39 is 0 Å². The van der Waals surface area contributed by atoms with E-state index in [-0.39, 0.29) is 5.91 Å². The third kappa shape index (κ3) is 3.35. The highest BCUT2D eigenvalue weighted by Crippen LogP contribution is 2.23. The van der Waals surface area contributed by atoms with E-state index in [4.69, 9.17) is 4.74 Å². The van der Waals surface area contributed by atoms with Crippen molar-refractivity contribution in [3.05, 3.63) is 29.9 Å². The third-order valence-corrected chi connectivity index (χ3v) is 3.00. The first-order valence-electron chi connectivity index (χ1n) is 5.44. The molecule has 2 heterocycles. The molecule has 2 aromatic heterocycles. The number of nitrogens with zero attached hydrogens (tertiary/aromatic N) is 2. The maximum absolute atomic E-state index is 11.5. The van der Waals surface area contributed by atoms with Gasteiger partial charge in [-0.25, -0.2) is 4.98 Å². The van der Waals surface area contributed by atoms with Gasteiger partial charge >= 0.3 is 0 Å². The van der Waals surface area contributed by atoms with E-state index in [0.717, 1.165) is 11.3 Å². The maximum atomic E-state index is 11.5. The summed E-state index contributed by atoms with van der Waals surface area (Å²) in [6, 6.07) is 3.78. The van der Waals surface area contributed by atoms with Gasteiger partial charge in [-0.15, -0.1) is 11.3 Å². The molecule has 0 aliphatic rings. The zero-order valence-electron chi connectivity index (χ0n) is 9.92. The molecule has 0 unspecified atom stereocenters. The second kappa shape index (κ2) is 6.23. The Morgan fingerprint density at radius 3 is 3.17 bits per heavy atom. The van der Waals surface area contributed by atoms with E-state index in [1.165, 1.54) is 11.3 Å². The van der Waals surface area contributed by atoms with Crippen LogP contribution in [0, 0.1) is 0 Å². The SMILES string of the molecule is COCCC(=O)Nc1nc(-c2cccnc2)cs1. The van der Waals surface area contributed by atoms with Crippen LogP contribution in [-0.4, -0.2) is 29.6 Å². The number of ether oxygens (including phenoxy) is 1. The smallest absolute Gasteiger partial charge is 0.228 e. The number of amides is 1. The predicted octanol–water partition coefficient (Wildman–Crippen LogP) is 2.18. The summed E-state index contributed by atoms with van der Waals surface area (Å²) in [5.41, 5.74) is 1.75. The molecule has 2 rings (SSSR count). The van der Waals surface area contributed by atoms with Gasteiger partial charge in [-0.05, 0) is 12.1 Å². The van der Waals surface area contributed by atoms with E-state index in [1.807, 2.05) is 17.5 Å². The van der Waals surface area contributed by atoms with Crippen LogP contribution in [0.1, 0.15) is 6.42 Å². The van der Waals surface area contributed by atoms with Gasteiger partial charge in [0.15, 0.2) is 5.13 Å². The number of carbonyl (C=O) groups excluding carboxylic acids is 1. The highest BCUT2D eigenvalue weighted by molar-refractivity contribution is 7.14. The van der Waals surface area contributed by atoms with Crippen LogP contribution in [0.5, 0.6) is 0 Å². The van der Waals surface area contributed by atoms with Gasteiger partial charge in [-0.2, -0.15) is 0 Å². The van der Waals surface area contributed by atoms with Crippen LogP contribution in [0.2, 0.25) is 0 Å².